The van der Waals surface area contributed by atoms with Gasteiger partial charge in [-0.1, -0.05) is 12.1 Å². The number of aliphatic carboxylic acids is 1. The molecule has 0 amide bonds. The molecule has 4 heteroatoms. The minimum atomic E-state index is -0.774. The molecule has 0 aromatic heterocycles. The first kappa shape index (κ1) is 13.5. The quantitative estimate of drug-likeness (QED) is 0.763. The van der Waals surface area contributed by atoms with Gasteiger partial charge >= 0.3 is 5.97 Å². The molecule has 17 heavy (non-hydrogen) atoms. The highest BCUT2D eigenvalue weighted by atomic mass is 16.5. The molecule has 0 aliphatic rings. The second kappa shape index (κ2) is 6.91. The number of carboxylic acid groups (broad SMARTS) is 1. The fraction of sp³-hybridized carbons (Fsp3) is 0.462. The Hall–Kier alpha value is -1.55. The standard InChI is InChI=1S/C13H19NO3/c1-2-17-11-8-6-10(7-9-11)12(14)4-3-5-13(15)16/h6-9,12H,2-5,14H2,1H3,(H,15,16). The molecule has 1 rings (SSSR count). The fourth-order valence-electron chi connectivity index (χ4n) is 1.62. The second-order valence-corrected chi connectivity index (χ2v) is 3.89. The number of benzene rings is 1. The first-order valence-corrected chi connectivity index (χ1v) is 5.83. The molecule has 1 aromatic carbocycles. The van der Waals surface area contributed by atoms with E-state index in [1.807, 2.05) is 31.2 Å². The number of ether oxygens (including phenoxy) is 1. The van der Waals surface area contributed by atoms with Gasteiger partial charge in [0, 0.05) is 12.5 Å². The molecule has 0 saturated carbocycles. The number of hydrogen-bond acceptors (Lipinski definition) is 3. The van der Waals surface area contributed by atoms with Crippen LogP contribution in [0.3, 0.4) is 0 Å². The third-order valence-electron chi connectivity index (χ3n) is 2.53. The molecule has 1 unspecified atom stereocenters. The van der Waals surface area contributed by atoms with Crippen LogP contribution < -0.4 is 10.5 Å². The van der Waals surface area contributed by atoms with Crippen LogP contribution in [0.15, 0.2) is 24.3 Å². The van der Waals surface area contributed by atoms with Gasteiger partial charge in [0.1, 0.15) is 5.75 Å². The molecular weight excluding hydrogens is 218 g/mol. The summed E-state index contributed by atoms with van der Waals surface area (Å²) in [6.45, 7) is 2.58. The van der Waals surface area contributed by atoms with Crippen molar-refractivity contribution in [3.8, 4) is 5.75 Å². The Morgan fingerprint density at radius 3 is 2.59 bits per heavy atom. The molecule has 3 N–H and O–H groups in total. The molecule has 1 aromatic rings. The number of rotatable bonds is 7. The molecule has 1 atom stereocenters. The SMILES string of the molecule is CCOc1ccc(C(N)CCCC(=O)O)cc1. The van der Waals surface area contributed by atoms with Gasteiger partial charge in [-0.3, -0.25) is 4.79 Å². The van der Waals surface area contributed by atoms with Crippen LogP contribution in [-0.2, 0) is 4.79 Å². The van der Waals surface area contributed by atoms with Crippen molar-refractivity contribution in [2.45, 2.75) is 32.2 Å². The Labute approximate surface area is 101 Å². The van der Waals surface area contributed by atoms with Crippen LogP contribution in [0.1, 0.15) is 37.8 Å². The molecule has 0 fully saturated rings. The maximum atomic E-state index is 10.4. The van der Waals surface area contributed by atoms with Gasteiger partial charge in [-0.05, 0) is 37.5 Å². The lowest BCUT2D eigenvalue weighted by atomic mass is 10.0. The van der Waals surface area contributed by atoms with E-state index in [2.05, 4.69) is 0 Å². The zero-order valence-electron chi connectivity index (χ0n) is 10.1. The lowest BCUT2D eigenvalue weighted by Crippen LogP contribution is -2.10. The summed E-state index contributed by atoms with van der Waals surface area (Å²) in [6, 6.07) is 7.52. The monoisotopic (exact) mass is 237 g/mol. The largest absolute Gasteiger partial charge is 0.494 e. The molecule has 0 saturated heterocycles. The molecule has 0 heterocycles. The van der Waals surface area contributed by atoms with Gasteiger partial charge in [0.15, 0.2) is 0 Å². The van der Waals surface area contributed by atoms with Crippen LogP contribution in [0.25, 0.3) is 0 Å². The zero-order valence-corrected chi connectivity index (χ0v) is 10.1. The fourth-order valence-corrected chi connectivity index (χ4v) is 1.62. The van der Waals surface area contributed by atoms with Crippen molar-refractivity contribution >= 4 is 5.97 Å². The minimum absolute atomic E-state index is 0.106. The normalized spacial score (nSPS) is 12.1. The van der Waals surface area contributed by atoms with Crippen LogP contribution in [-0.4, -0.2) is 17.7 Å². The van der Waals surface area contributed by atoms with Crippen LogP contribution in [0.5, 0.6) is 5.75 Å². The zero-order chi connectivity index (χ0) is 12.7. The minimum Gasteiger partial charge on any atom is -0.494 e. The molecular formula is C13H19NO3. The number of nitrogens with two attached hydrogens (primary N) is 1. The van der Waals surface area contributed by atoms with E-state index in [4.69, 9.17) is 15.6 Å². The van der Waals surface area contributed by atoms with Gasteiger partial charge in [-0.2, -0.15) is 0 Å². The van der Waals surface area contributed by atoms with Crippen LogP contribution >= 0.6 is 0 Å². The van der Waals surface area contributed by atoms with Crippen molar-refractivity contribution in [2.24, 2.45) is 5.73 Å². The van der Waals surface area contributed by atoms with Crippen molar-refractivity contribution in [1.29, 1.82) is 0 Å². The molecule has 0 aliphatic heterocycles. The molecule has 4 nitrogen and oxygen atoms in total. The lowest BCUT2D eigenvalue weighted by Gasteiger charge is -2.12. The van der Waals surface area contributed by atoms with E-state index in [0.29, 0.717) is 19.4 Å². The average Bonchev–Trinajstić information content (AvgIpc) is 2.30. The Bertz CT molecular complexity index is 348. The molecule has 0 spiro atoms. The smallest absolute Gasteiger partial charge is 0.303 e. The van der Waals surface area contributed by atoms with E-state index in [1.165, 1.54) is 0 Å². The first-order chi connectivity index (χ1) is 8.13. The van der Waals surface area contributed by atoms with E-state index in [9.17, 15) is 4.79 Å². The van der Waals surface area contributed by atoms with Gasteiger partial charge < -0.3 is 15.6 Å². The third-order valence-corrected chi connectivity index (χ3v) is 2.53. The van der Waals surface area contributed by atoms with Gasteiger partial charge in [-0.25, -0.2) is 0 Å². The average molecular weight is 237 g/mol. The van der Waals surface area contributed by atoms with Crippen molar-refractivity contribution < 1.29 is 14.6 Å². The van der Waals surface area contributed by atoms with Crippen LogP contribution in [0.4, 0.5) is 0 Å². The Balaban J connectivity index is 2.45. The highest BCUT2D eigenvalue weighted by molar-refractivity contribution is 5.66. The lowest BCUT2D eigenvalue weighted by molar-refractivity contribution is -0.137. The van der Waals surface area contributed by atoms with Gasteiger partial charge in [0.2, 0.25) is 0 Å². The van der Waals surface area contributed by atoms with Crippen molar-refractivity contribution in [3.05, 3.63) is 29.8 Å². The summed E-state index contributed by atoms with van der Waals surface area (Å²) < 4.78 is 5.33. The van der Waals surface area contributed by atoms with Gasteiger partial charge in [0.25, 0.3) is 0 Å². The summed E-state index contributed by atoms with van der Waals surface area (Å²) in [6.07, 6.45) is 1.45. The van der Waals surface area contributed by atoms with Crippen molar-refractivity contribution in [2.75, 3.05) is 6.61 Å². The second-order valence-electron chi connectivity index (χ2n) is 3.89. The summed E-state index contributed by atoms with van der Waals surface area (Å²) >= 11 is 0. The van der Waals surface area contributed by atoms with Gasteiger partial charge in [0.05, 0.1) is 6.61 Å². The number of hydrogen-bond donors (Lipinski definition) is 2. The van der Waals surface area contributed by atoms with Crippen LogP contribution in [0.2, 0.25) is 0 Å². The third kappa shape index (κ3) is 4.87. The molecule has 0 bridgehead atoms. The summed E-state index contributed by atoms with van der Waals surface area (Å²) in [7, 11) is 0. The predicted molar refractivity (Wildman–Crippen MR) is 66.0 cm³/mol. The number of carboxylic acids is 1. The molecule has 94 valence electrons. The van der Waals surface area contributed by atoms with E-state index < -0.39 is 5.97 Å². The van der Waals surface area contributed by atoms with E-state index >= 15 is 0 Å². The van der Waals surface area contributed by atoms with Crippen molar-refractivity contribution in [3.63, 3.8) is 0 Å². The predicted octanol–water partition coefficient (Wildman–Crippen LogP) is 2.34. The summed E-state index contributed by atoms with van der Waals surface area (Å²) in [5.74, 6) is 0.0536. The topological polar surface area (TPSA) is 72.5 Å². The van der Waals surface area contributed by atoms with Crippen molar-refractivity contribution in [1.82, 2.24) is 0 Å². The number of carbonyl (C=O) groups is 1. The van der Waals surface area contributed by atoms with E-state index in [-0.39, 0.29) is 12.5 Å². The first-order valence-electron chi connectivity index (χ1n) is 5.83. The Morgan fingerprint density at radius 2 is 2.06 bits per heavy atom. The Morgan fingerprint density at radius 1 is 1.41 bits per heavy atom. The highest BCUT2D eigenvalue weighted by Gasteiger charge is 2.07. The van der Waals surface area contributed by atoms with E-state index in [1.54, 1.807) is 0 Å². The summed E-state index contributed by atoms with van der Waals surface area (Å²) in [4.78, 5) is 10.4. The molecule has 0 radical (unpaired) electrons. The van der Waals surface area contributed by atoms with Crippen LogP contribution in [0, 0.1) is 0 Å². The highest BCUT2D eigenvalue weighted by Crippen LogP contribution is 2.20. The summed E-state index contributed by atoms with van der Waals surface area (Å²) in [5, 5.41) is 8.54. The Kier molecular flexibility index (Phi) is 5.49. The maximum absolute atomic E-state index is 10.4. The van der Waals surface area contributed by atoms with Gasteiger partial charge in [-0.15, -0.1) is 0 Å². The molecule has 0 aliphatic carbocycles. The summed E-state index contributed by atoms with van der Waals surface area (Å²) in [5.41, 5.74) is 6.98. The van der Waals surface area contributed by atoms with E-state index in [0.717, 1.165) is 11.3 Å². The maximum Gasteiger partial charge on any atom is 0.303 e.